The van der Waals surface area contributed by atoms with E-state index in [1.807, 2.05) is 12.1 Å². The summed E-state index contributed by atoms with van der Waals surface area (Å²) in [6.07, 6.45) is 3.82. The van der Waals surface area contributed by atoms with Crippen molar-refractivity contribution in [2.75, 3.05) is 20.2 Å². The highest BCUT2D eigenvalue weighted by atomic mass is 16.5. The summed E-state index contributed by atoms with van der Waals surface area (Å²) >= 11 is 0. The summed E-state index contributed by atoms with van der Waals surface area (Å²) in [5.74, 6) is 1.23. The summed E-state index contributed by atoms with van der Waals surface area (Å²) in [7, 11) is 1.71. The molecule has 0 N–H and O–H groups in total. The van der Waals surface area contributed by atoms with Crippen LogP contribution in [0.3, 0.4) is 0 Å². The van der Waals surface area contributed by atoms with E-state index in [0.717, 1.165) is 50.2 Å². The van der Waals surface area contributed by atoms with Gasteiger partial charge in [0, 0.05) is 30.8 Å². The predicted molar refractivity (Wildman–Crippen MR) is 80.8 cm³/mol. The molecule has 1 aromatic carbocycles. The highest BCUT2D eigenvalue weighted by Crippen LogP contribution is 2.43. The molecule has 0 bridgehead atoms. The van der Waals surface area contributed by atoms with Gasteiger partial charge in [-0.15, -0.1) is 0 Å². The average molecular weight is 284 g/mol. The van der Waals surface area contributed by atoms with Gasteiger partial charge in [-0.05, 0) is 30.9 Å². The third kappa shape index (κ3) is 1.88. The largest absolute Gasteiger partial charge is 0.496 e. The first kappa shape index (κ1) is 12.9. The molecule has 3 aliphatic heterocycles. The van der Waals surface area contributed by atoms with Crippen LogP contribution in [0, 0.1) is 5.92 Å². The van der Waals surface area contributed by atoms with Crippen molar-refractivity contribution in [1.82, 2.24) is 4.90 Å². The van der Waals surface area contributed by atoms with Gasteiger partial charge in [-0.25, -0.2) is 0 Å². The van der Waals surface area contributed by atoms with Crippen LogP contribution in [0.25, 0.3) is 0 Å². The van der Waals surface area contributed by atoms with Crippen LogP contribution in [0.2, 0.25) is 0 Å². The number of aliphatic imine (C=N–C) groups is 1. The first-order valence-corrected chi connectivity index (χ1v) is 7.79. The van der Waals surface area contributed by atoms with E-state index in [1.54, 1.807) is 7.11 Å². The highest BCUT2D eigenvalue weighted by molar-refractivity contribution is 6.07. The van der Waals surface area contributed by atoms with Crippen molar-refractivity contribution >= 4 is 11.6 Å². The van der Waals surface area contributed by atoms with Gasteiger partial charge in [0.1, 0.15) is 5.75 Å². The summed E-state index contributed by atoms with van der Waals surface area (Å²) in [5.41, 5.74) is 3.64. The van der Waals surface area contributed by atoms with Crippen LogP contribution in [-0.4, -0.2) is 36.7 Å². The van der Waals surface area contributed by atoms with Gasteiger partial charge in [0.2, 0.25) is 5.91 Å². The summed E-state index contributed by atoms with van der Waals surface area (Å²) in [5, 5.41) is 0. The van der Waals surface area contributed by atoms with Crippen molar-refractivity contribution in [3.8, 4) is 5.75 Å². The molecule has 4 heteroatoms. The van der Waals surface area contributed by atoms with Crippen molar-refractivity contribution in [1.29, 1.82) is 0 Å². The first-order chi connectivity index (χ1) is 10.3. The van der Waals surface area contributed by atoms with Crippen LogP contribution in [0.4, 0.5) is 0 Å². The number of carbonyl (C=O) groups excluding carboxylic acids is 1. The van der Waals surface area contributed by atoms with Gasteiger partial charge in [-0.1, -0.05) is 12.1 Å². The van der Waals surface area contributed by atoms with Gasteiger partial charge in [0.05, 0.1) is 19.1 Å². The van der Waals surface area contributed by atoms with E-state index >= 15 is 0 Å². The third-order valence-electron chi connectivity index (χ3n) is 5.06. The minimum atomic E-state index is 0.0475. The maximum atomic E-state index is 12.8. The summed E-state index contributed by atoms with van der Waals surface area (Å²) in [4.78, 5) is 19.5. The lowest BCUT2D eigenvalue weighted by molar-refractivity contribution is -0.138. The molecule has 0 aliphatic carbocycles. The Kier molecular flexibility index (Phi) is 2.98. The zero-order chi connectivity index (χ0) is 14.4. The zero-order valence-electron chi connectivity index (χ0n) is 12.3. The Bertz CT molecular complexity index is 609. The molecule has 1 amide bonds. The van der Waals surface area contributed by atoms with Crippen molar-refractivity contribution in [3.05, 3.63) is 29.3 Å². The molecule has 3 aliphatic rings. The molecule has 2 atom stereocenters. The fourth-order valence-corrected chi connectivity index (χ4v) is 4.06. The summed E-state index contributed by atoms with van der Waals surface area (Å²) in [6, 6.07) is 6.32. The van der Waals surface area contributed by atoms with Crippen LogP contribution < -0.4 is 4.74 Å². The van der Waals surface area contributed by atoms with Gasteiger partial charge in [-0.2, -0.15) is 0 Å². The Morgan fingerprint density at radius 2 is 2.29 bits per heavy atom. The Morgan fingerprint density at radius 1 is 1.38 bits per heavy atom. The number of methoxy groups -OCH3 is 1. The second-order valence-electron chi connectivity index (χ2n) is 6.10. The van der Waals surface area contributed by atoms with Gasteiger partial charge in [0.25, 0.3) is 0 Å². The molecule has 0 aromatic heterocycles. The molecule has 110 valence electrons. The number of hydrogen-bond donors (Lipinski definition) is 0. The molecule has 0 radical (unpaired) electrons. The number of fused-ring (bicyclic) bond motifs is 4. The second-order valence-corrected chi connectivity index (χ2v) is 6.10. The van der Waals surface area contributed by atoms with Crippen molar-refractivity contribution in [3.63, 3.8) is 0 Å². The predicted octanol–water partition coefficient (Wildman–Crippen LogP) is 2.38. The molecule has 2 unspecified atom stereocenters. The van der Waals surface area contributed by atoms with Gasteiger partial charge in [0.15, 0.2) is 0 Å². The van der Waals surface area contributed by atoms with Gasteiger partial charge in [-0.3, -0.25) is 9.79 Å². The van der Waals surface area contributed by atoms with E-state index in [4.69, 9.17) is 4.74 Å². The topological polar surface area (TPSA) is 41.9 Å². The molecular formula is C17H20N2O2. The fraction of sp³-hybridized carbons (Fsp3) is 0.529. The molecule has 4 nitrogen and oxygen atoms in total. The quantitative estimate of drug-likeness (QED) is 0.794. The molecule has 0 saturated carbocycles. The fourth-order valence-electron chi connectivity index (χ4n) is 4.06. The molecule has 3 heterocycles. The van der Waals surface area contributed by atoms with Crippen LogP contribution in [0.5, 0.6) is 5.75 Å². The Balaban J connectivity index is 1.80. The van der Waals surface area contributed by atoms with E-state index < -0.39 is 0 Å². The maximum absolute atomic E-state index is 12.8. The number of benzene rings is 1. The molecule has 4 rings (SSSR count). The lowest BCUT2D eigenvalue weighted by Gasteiger charge is -2.45. The number of ether oxygens (including phenoxy) is 1. The van der Waals surface area contributed by atoms with Gasteiger partial charge >= 0.3 is 0 Å². The van der Waals surface area contributed by atoms with Crippen LogP contribution >= 0.6 is 0 Å². The lowest BCUT2D eigenvalue weighted by atomic mass is 9.79. The van der Waals surface area contributed by atoms with Crippen LogP contribution in [-0.2, 0) is 11.2 Å². The summed E-state index contributed by atoms with van der Waals surface area (Å²) < 4.78 is 5.56. The first-order valence-electron chi connectivity index (χ1n) is 7.79. The van der Waals surface area contributed by atoms with Crippen molar-refractivity contribution < 1.29 is 9.53 Å². The van der Waals surface area contributed by atoms with Crippen LogP contribution in [0.15, 0.2) is 23.2 Å². The van der Waals surface area contributed by atoms with Crippen molar-refractivity contribution in [2.45, 2.75) is 31.7 Å². The smallest absolute Gasteiger partial charge is 0.231 e. The normalized spacial score (nSPS) is 27.4. The third-order valence-corrected chi connectivity index (χ3v) is 5.06. The minimum absolute atomic E-state index is 0.0475. The van der Waals surface area contributed by atoms with E-state index in [1.165, 1.54) is 11.1 Å². The number of carbonyl (C=O) groups is 1. The maximum Gasteiger partial charge on any atom is 0.231 e. The van der Waals surface area contributed by atoms with E-state index in [-0.39, 0.29) is 17.9 Å². The van der Waals surface area contributed by atoms with Gasteiger partial charge < -0.3 is 9.64 Å². The number of rotatable bonds is 1. The number of hydrogen-bond acceptors (Lipinski definition) is 3. The molecular weight excluding hydrogens is 264 g/mol. The highest BCUT2D eigenvalue weighted by Gasteiger charge is 2.43. The molecule has 21 heavy (non-hydrogen) atoms. The van der Waals surface area contributed by atoms with Crippen molar-refractivity contribution in [2.24, 2.45) is 10.9 Å². The van der Waals surface area contributed by atoms with E-state index in [9.17, 15) is 4.79 Å². The molecule has 1 fully saturated rings. The zero-order valence-corrected chi connectivity index (χ0v) is 12.3. The van der Waals surface area contributed by atoms with E-state index in [2.05, 4.69) is 16.0 Å². The minimum Gasteiger partial charge on any atom is -0.496 e. The number of amides is 1. The Hall–Kier alpha value is -1.84. The number of piperidine rings is 1. The SMILES string of the molecule is COc1cccc2c1C1CC3=NCCCC3C(=O)N1CC2. The average Bonchev–Trinajstić information content (AvgIpc) is 2.54. The van der Waals surface area contributed by atoms with Crippen LogP contribution in [0.1, 0.15) is 36.4 Å². The standard InChI is InChI=1S/C17H20N2O2/c1-21-15-6-2-4-11-7-9-19-14(16(11)15)10-13-12(17(19)20)5-3-8-18-13/h2,4,6,12,14H,3,5,7-10H2,1H3. The molecule has 1 aromatic rings. The Labute approximate surface area is 124 Å². The second kappa shape index (κ2) is 4.86. The molecule has 1 saturated heterocycles. The summed E-state index contributed by atoms with van der Waals surface area (Å²) in [6.45, 7) is 1.71. The van der Waals surface area contributed by atoms with E-state index in [0.29, 0.717) is 0 Å². The lowest BCUT2D eigenvalue weighted by Crippen LogP contribution is -2.51. The number of nitrogens with zero attached hydrogens (tertiary/aromatic N) is 2. The Morgan fingerprint density at radius 3 is 3.14 bits per heavy atom. The monoisotopic (exact) mass is 284 g/mol. The molecule has 0 spiro atoms.